The van der Waals surface area contributed by atoms with Gasteiger partial charge >= 0.3 is 6.03 Å². The second-order valence-corrected chi connectivity index (χ2v) is 6.01. The quantitative estimate of drug-likeness (QED) is 0.769. The third kappa shape index (κ3) is 3.46. The molecule has 1 fully saturated rings. The molecule has 4 amide bonds. The van der Waals surface area contributed by atoms with E-state index in [1.165, 1.54) is 0 Å². The van der Waals surface area contributed by atoms with Gasteiger partial charge in [0.25, 0.3) is 5.91 Å². The molecule has 0 spiro atoms. The van der Waals surface area contributed by atoms with Crippen LogP contribution in [0.2, 0.25) is 5.02 Å². The lowest BCUT2D eigenvalue weighted by molar-refractivity contribution is -0.133. The Hall–Kier alpha value is -2.28. The third-order valence-corrected chi connectivity index (χ3v) is 4.18. The van der Waals surface area contributed by atoms with Crippen molar-refractivity contribution in [2.24, 2.45) is 0 Å². The predicted molar refractivity (Wildman–Crippen MR) is 90.2 cm³/mol. The van der Waals surface area contributed by atoms with E-state index in [2.05, 4.69) is 10.6 Å². The Kier molecular flexibility index (Phi) is 5.33. The van der Waals surface area contributed by atoms with Gasteiger partial charge in [0.15, 0.2) is 5.75 Å². The number of benzene rings is 1. The maximum absolute atomic E-state index is 12.3. The molecule has 1 aliphatic heterocycles. The lowest BCUT2D eigenvalue weighted by Gasteiger charge is -2.19. The van der Waals surface area contributed by atoms with Crippen molar-refractivity contribution in [1.82, 2.24) is 10.2 Å². The van der Waals surface area contributed by atoms with Crippen LogP contribution in [-0.4, -0.2) is 41.4 Å². The fourth-order valence-corrected chi connectivity index (χ4v) is 2.59. The summed E-state index contributed by atoms with van der Waals surface area (Å²) in [5, 5.41) is 5.59. The van der Waals surface area contributed by atoms with Gasteiger partial charge in [0.2, 0.25) is 5.91 Å². The highest BCUT2D eigenvalue weighted by molar-refractivity contribution is 6.32. The van der Waals surface area contributed by atoms with Gasteiger partial charge in [-0.1, -0.05) is 24.6 Å². The van der Waals surface area contributed by atoms with Crippen LogP contribution in [0, 0.1) is 0 Å². The molecule has 0 aromatic heterocycles. The average molecular weight is 354 g/mol. The van der Waals surface area contributed by atoms with E-state index in [0.29, 0.717) is 29.5 Å². The number of rotatable bonds is 6. The topological polar surface area (TPSA) is 87.7 Å². The SMILES string of the molecule is CCOc1c(Cl)cccc1NC(=O)CN1C(=O)NC(C)(CC)C1=O. The minimum atomic E-state index is -0.968. The monoisotopic (exact) mass is 353 g/mol. The molecule has 130 valence electrons. The van der Waals surface area contributed by atoms with E-state index in [9.17, 15) is 14.4 Å². The van der Waals surface area contributed by atoms with Crippen molar-refractivity contribution in [2.45, 2.75) is 32.7 Å². The number of hydrogen-bond acceptors (Lipinski definition) is 4. The first-order chi connectivity index (χ1) is 11.3. The fraction of sp³-hybridized carbons (Fsp3) is 0.438. The molecule has 24 heavy (non-hydrogen) atoms. The van der Waals surface area contributed by atoms with Crippen molar-refractivity contribution in [3.63, 3.8) is 0 Å². The van der Waals surface area contributed by atoms with Gasteiger partial charge in [-0.25, -0.2) is 4.79 Å². The summed E-state index contributed by atoms with van der Waals surface area (Å²) in [4.78, 5) is 37.4. The summed E-state index contributed by atoms with van der Waals surface area (Å²) >= 11 is 6.06. The molecular weight excluding hydrogens is 334 g/mol. The summed E-state index contributed by atoms with van der Waals surface area (Å²) in [6.45, 7) is 5.23. The van der Waals surface area contributed by atoms with E-state index in [4.69, 9.17) is 16.3 Å². The van der Waals surface area contributed by atoms with Gasteiger partial charge in [-0.3, -0.25) is 14.5 Å². The van der Waals surface area contributed by atoms with Crippen LogP contribution < -0.4 is 15.4 Å². The molecule has 2 rings (SSSR count). The van der Waals surface area contributed by atoms with Gasteiger partial charge in [0.05, 0.1) is 17.3 Å². The van der Waals surface area contributed by atoms with Gasteiger partial charge in [-0.15, -0.1) is 0 Å². The summed E-state index contributed by atoms with van der Waals surface area (Å²) in [6, 6.07) is 4.38. The number of anilines is 1. The van der Waals surface area contributed by atoms with Crippen LogP contribution in [-0.2, 0) is 9.59 Å². The Balaban J connectivity index is 2.11. The number of imide groups is 1. The molecule has 0 radical (unpaired) electrons. The molecule has 0 saturated carbocycles. The van der Waals surface area contributed by atoms with Crippen LogP contribution in [0.4, 0.5) is 10.5 Å². The second-order valence-electron chi connectivity index (χ2n) is 5.60. The fourth-order valence-electron chi connectivity index (χ4n) is 2.36. The van der Waals surface area contributed by atoms with Gasteiger partial charge in [0.1, 0.15) is 12.1 Å². The van der Waals surface area contributed by atoms with E-state index in [1.54, 1.807) is 39.0 Å². The molecule has 1 atom stereocenters. The number of ether oxygens (including phenoxy) is 1. The highest BCUT2D eigenvalue weighted by Crippen LogP contribution is 2.33. The van der Waals surface area contributed by atoms with Crippen molar-refractivity contribution >= 4 is 35.1 Å². The minimum absolute atomic E-state index is 0.352. The Morgan fingerprint density at radius 3 is 2.67 bits per heavy atom. The smallest absolute Gasteiger partial charge is 0.325 e. The number of hydrogen-bond donors (Lipinski definition) is 2. The predicted octanol–water partition coefficient (Wildman–Crippen LogP) is 2.40. The largest absolute Gasteiger partial charge is 0.490 e. The maximum atomic E-state index is 12.3. The molecule has 1 aliphatic rings. The van der Waals surface area contributed by atoms with Gasteiger partial charge < -0.3 is 15.4 Å². The Bertz CT molecular complexity index is 679. The standard InChI is InChI=1S/C16H20ClN3O4/c1-4-16(3)14(22)20(15(23)19-16)9-12(21)18-11-8-6-7-10(17)13(11)24-5-2/h6-8H,4-5,9H2,1-3H3,(H,18,21)(H,19,23). The first-order valence-electron chi connectivity index (χ1n) is 7.67. The average Bonchev–Trinajstić information content (AvgIpc) is 2.75. The number of para-hydroxylation sites is 1. The first-order valence-corrected chi connectivity index (χ1v) is 8.05. The summed E-state index contributed by atoms with van der Waals surface area (Å²) < 4.78 is 5.42. The van der Waals surface area contributed by atoms with Gasteiger partial charge in [-0.05, 0) is 32.4 Å². The van der Waals surface area contributed by atoms with Crippen LogP contribution in [0.25, 0.3) is 0 Å². The van der Waals surface area contributed by atoms with E-state index in [1.807, 2.05) is 0 Å². The third-order valence-electron chi connectivity index (χ3n) is 3.88. The van der Waals surface area contributed by atoms with Gasteiger partial charge in [0, 0.05) is 0 Å². The number of carbonyl (C=O) groups is 3. The molecule has 1 unspecified atom stereocenters. The second kappa shape index (κ2) is 7.09. The number of nitrogens with zero attached hydrogens (tertiary/aromatic N) is 1. The molecule has 7 nitrogen and oxygen atoms in total. The molecule has 1 heterocycles. The van der Waals surface area contributed by atoms with Crippen LogP contribution >= 0.6 is 11.6 Å². The van der Waals surface area contributed by atoms with Crippen LogP contribution in [0.3, 0.4) is 0 Å². The zero-order chi connectivity index (χ0) is 17.9. The van der Waals surface area contributed by atoms with E-state index >= 15 is 0 Å². The van der Waals surface area contributed by atoms with E-state index in [0.717, 1.165) is 4.90 Å². The highest BCUT2D eigenvalue weighted by Gasteiger charge is 2.46. The molecule has 0 aliphatic carbocycles. The Labute approximate surface area is 145 Å². The molecular formula is C16H20ClN3O4. The molecule has 1 saturated heterocycles. The molecule has 1 aromatic carbocycles. The Morgan fingerprint density at radius 1 is 1.38 bits per heavy atom. The van der Waals surface area contributed by atoms with Gasteiger partial charge in [-0.2, -0.15) is 0 Å². The zero-order valence-corrected chi connectivity index (χ0v) is 14.6. The highest BCUT2D eigenvalue weighted by atomic mass is 35.5. The van der Waals surface area contributed by atoms with E-state index in [-0.39, 0.29) is 6.54 Å². The normalized spacial score (nSPS) is 20.1. The molecule has 0 bridgehead atoms. The number of carbonyl (C=O) groups excluding carboxylic acids is 3. The molecule has 8 heteroatoms. The minimum Gasteiger partial charge on any atom is -0.490 e. The summed E-state index contributed by atoms with van der Waals surface area (Å²) in [5.74, 6) is -0.575. The lowest BCUT2D eigenvalue weighted by Crippen LogP contribution is -2.44. The number of amides is 4. The number of halogens is 1. The molecule has 2 N–H and O–H groups in total. The maximum Gasteiger partial charge on any atom is 0.325 e. The Morgan fingerprint density at radius 2 is 2.08 bits per heavy atom. The van der Waals surface area contributed by atoms with Crippen molar-refractivity contribution in [1.29, 1.82) is 0 Å². The van der Waals surface area contributed by atoms with Crippen molar-refractivity contribution in [2.75, 3.05) is 18.5 Å². The summed E-state index contributed by atoms with van der Waals surface area (Å²) in [6.07, 6.45) is 0.443. The summed E-state index contributed by atoms with van der Waals surface area (Å²) in [7, 11) is 0. The van der Waals surface area contributed by atoms with Crippen LogP contribution in [0.1, 0.15) is 27.2 Å². The van der Waals surface area contributed by atoms with Crippen molar-refractivity contribution in [3.8, 4) is 5.75 Å². The van der Waals surface area contributed by atoms with Crippen LogP contribution in [0.15, 0.2) is 18.2 Å². The first kappa shape index (κ1) is 18.1. The van der Waals surface area contributed by atoms with Crippen molar-refractivity contribution < 1.29 is 19.1 Å². The lowest BCUT2D eigenvalue weighted by atomic mass is 9.99. The van der Waals surface area contributed by atoms with Crippen LogP contribution in [0.5, 0.6) is 5.75 Å². The van der Waals surface area contributed by atoms with E-state index < -0.39 is 23.4 Å². The number of nitrogens with one attached hydrogen (secondary N) is 2. The zero-order valence-electron chi connectivity index (χ0n) is 13.8. The molecule has 1 aromatic rings. The van der Waals surface area contributed by atoms with Crippen molar-refractivity contribution in [3.05, 3.63) is 23.2 Å². The number of urea groups is 1. The summed E-state index contributed by atoms with van der Waals surface area (Å²) in [5.41, 5.74) is -0.580.